The topological polar surface area (TPSA) is 37.8 Å². The average molecular weight is 339 g/mol. The zero-order valence-electron chi connectivity index (χ0n) is 13.0. The van der Waals surface area contributed by atoms with E-state index in [4.69, 9.17) is 0 Å². The molecule has 1 N–H and O–H groups in total. The largest absolute Gasteiger partial charge is 0.358 e. The Labute approximate surface area is 144 Å². The first-order valence-electron chi connectivity index (χ1n) is 7.67. The molecule has 4 rings (SSSR count). The molecule has 1 aromatic heterocycles. The third-order valence-electron chi connectivity index (χ3n) is 3.81. The third-order valence-corrected chi connectivity index (χ3v) is 6.03. The quantitative estimate of drug-likeness (QED) is 0.707. The molecular weight excluding hydrogens is 322 g/mol. The number of aromatic nitrogens is 2. The Balaban J connectivity index is 1.68. The normalized spacial score (nSPS) is 13.2. The minimum atomic E-state index is 0.294. The number of benzene rings is 2. The van der Waals surface area contributed by atoms with Gasteiger partial charge in [-0.25, -0.2) is 0 Å². The van der Waals surface area contributed by atoms with Crippen LogP contribution in [-0.2, 0) is 0 Å². The van der Waals surface area contributed by atoms with Crippen molar-refractivity contribution in [2.75, 3.05) is 5.32 Å². The Hall–Kier alpha value is -1.85. The van der Waals surface area contributed by atoms with Gasteiger partial charge in [0.15, 0.2) is 4.34 Å². The van der Waals surface area contributed by atoms with Gasteiger partial charge in [0.1, 0.15) is 0 Å². The zero-order valence-corrected chi connectivity index (χ0v) is 14.6. The van der Waals surface area contributed by atoms with Gasteiger partial charge in [0.05, 0.1) is 5.25 Å². The van der Waals surface area contributed by atoms with E-state index in [2.05, 4.69) is 77.9 Å². The summed E-state index contributed by atoms with van der Waals surface area (Å²) < 4.78 is 1.00. The van der Waals surface area contributed by atoms with Crippen LogP contribution in [-0.4, -0.2) is 16.2 Å². The highest BCUT2D eigenvalue weighted by Gasteiger charge is 2.29. The van der Waals surface area contributed by atoms with Crippen LogP contribution in [0.5, 0.6) is 0 Å². The van der Waals surface area contributed by atoms with E-state index < -0.39 is 0 Å². The second-order valence-electron chi connectivity index (χ2n) is 5.84. The standard InChI is InChI=1S/C18H17N3S2/c1-11(2)19-17-20-21-18(23-17)22-16-14-9-5-3-7-12(14)13-8-4-6-10-15(13)16/h3-11,16H,1-2H3,(H,19,20). The maximum absolute atomic E-state index is 4.35. The van der Waals surface area contributed by atoms with Crippen LogP contribution in [0.15, 0.2) is 52.9 Å². The number of anilines is 1. The summed E-state index contributed by atoms with van der Waals surface area (Å²) in [5, 5.41) is 13.1. The Morgan fingerprint density at radius 3 is 2.17 bits per heavy atom. The summed E-state index contributed by atoms with van der Waals surface area (Å²) in [7, 11) is 0. The van der Waals surface area contributed by atoms with Crippen LogP contribution in [0.4, 0.5) is 5.13 Å². The van der Waals surface area contributed by atoms with E-state index >= 15 is 0 Å². The van der Waals surface area contributed by atoms with Crippen LogP contribution < -0.4 is 5.32 Å². The first-order valence-corrected chi connectivity index (χ1v) is 9.37. The molecule has 0 bridgehead atoms. The summed E-state index contributed by atoms with van der Waals surface area (Å²) in [6.45, 7) is 4.22. The molecule has 1 heterocycles. The summed E-state index contributed by atoms with van der Waals surface area (Å²) in [6.07, 6.45) is 0. The van der Waals surface area contributed by atoms with Gasteiger partial charge < -0.3 is 5.32 Å². The lowest BCUT2D eigenvalue weighted by Gasteiger charge is -2.10. The summed E-state index contributed by atoms with van der Waals surface area (Å²) in [5.41, 5.74) is 5.41. The minimum absolute atomic E-state index is 0.294. The molecule has 0 saturated heterocycles. The van der Waals surface area contributed by atoms with Crippen LogP contribution in [0, 0.1) is 0 Å². The number of nitrogens with zero attached hydrogens (tertiary/aromatic N) is 2. The van der Waals surface area contributed by atoms with Gasteiger partial charge in [-0.15, -0.1) is 10.2 Å². The van der Waals surface area contributed by atoms with Gasteiger partial charge >= 0.3 is 0 Å². The molecule has 0 atom stereocenters. The van der Waals surface area contributed by atoms with Gasteiger partial charge in [-0.05, 0) is 36.1 Å². The average Bonchev–Trinajstić information content (AvgIpc) is 3.11. The van der Waals surface area contributed by atoms with E-state index in [0.29, 0.717) is 11.3 Å². The van der Waals surface area contributed by atoms with E-state index in [1.54, 1.807) is 23.1 Å². The smallest absolute Gasteiger partial charge is 0.206 e. The molecule has 0 spiro atoms. The van der Waals surface area contributed by atoms with E-state index in [1.807, 2.05) is 0 Å². The number of thioether (sulfide) groups is 1. The van der Waals surface area contributed by atoms with Crippen molar-refractivity contribution >= 4 is 28.2 Å². The molecular formula is C18H17N3S2. The van der Waals surface area contributed by atoms with E-state index in [9.17, 15) is 0 Å². The minimum Gasteiger partial charge on any atom is -0.358 e. The van der Waals surface area contributed by atoms with Gasteiger partial charge in [0.25, 0.3) is 0 Å². The second kappa shape index (κ2) is 5.98. The first-order chi connectivity index (χ1) is 11.2. The molecule has 0 saturated carbocycles. The summed E-state index contributed by atoms with van der Waals surface area (Å²) >= 11 is 3.42. The summed E-state index contributed by atoms with van der Waals surface area (Å²) in [5.74, 6) is 0. The second-order valence-corrected chi connectivity index (χ2v) is 8.17. The number of hydrogen-bond donors (Lipinski definition) is 1. The SMILES string of the molecule is CC(C)Nc1nnc(SC2c3ccccc3-c3ccccc32)s1. The lowest BCUT2D eigenvalue weighted by molar-refractivity contribution is 0.883. The van der Waals surface area contributed by atoms with Crippen molar-refractivity contribution in [3.05, 3.63) is 59.7 Å². The van der Waals surface area contributed by atoms with Gasteiger partial charge in [0, 0.05) is 6.04 Å². The van der Waals surface area contributed by atoms with Crippen molar-refractivity contribution in [2.24, 2.45) is 0 Å². The Morgan fingerprint density at radius 2 is 1.57 bits per heavy atom. The van der Waals surface area contributed by atoms with Crippen molar-refractivity contribution in [1.29, 1.82) is 0 Å². The number of nitrogens with one attached hydrogen (secondary N) is 1. The lowest BCUT2D eigenvalue weighted by atomic mass is 10.1. The number of hydrogen-bond acceptors (Lipinski definition) is 5. The predicted octanol–water partition coefficient (Wildman–Crippen LogP) is 5.22. The van der Waals surface area contributed by atoms with Gasteiger partial charge in [-0.1, -0.05) is 71.6 Å². The summed E-state index contributed by atoms with van der Waals surface area (Å²) in [4.78, 5) is 0. The maximum Gasteiger partial charge on any atom is 0.206 e. The number of rotatable bonds is 4. The van der Waals surface area contributed by atoms with Crippen molar-refractivity contribution in [1.82, 2.24) is 10.2 Å². The van der Waals surface area contributed by atoms with Crippen LogP contribution >= 0.6 is 23.1 Å². The fourth-order valence-corrected chi connectivity index (χ4v) is 5.20. The highest BCUT2D eigenvalue weighted by Crippen LogP contribution is 2.52. The molecule has 0 unspecified atom stereocenters. The molecule has 0 fully saturated rings. The fourth-order valence-electron chi connectivity index (χ4n) is 2.90. The van der Waals surface area contributed by atoms with E-state index in [-0.39, 0.29) is 0 Å². The van der Waals surface area contributed by atoms with Gasteiger partial charge in [0.2, 0.25) is 5.13 Å². The third kappa shape index (κ3) is 2.75. The molecule has 3 aromatic rings. The highest BCUT2D eigenvalue weighted by atomic mass is 32.2. The van der Waals surface area contributed by atoms with Crippen molar-refractivity contribution in [3.63, 3.8) is 0 Å². The summed E-state index contributed by atoms with van der Waals surface area (Å²) in [6, 6.07) is 17.7. The van der Waals surface area contributed by atoms with E-state index in [0.717, 1.165) is 9.47 Å². The van der Waals surface area contributed by atoms with Gasteiger partial charge in [-0.3, -0.25) is 0 Å². The maximum atomic E-state index is 4.35. The molecule has 1 aliphatic rings. The highest BCUT2D eigenvalue weighted by molar-refractivity contribution is 8.01. The molecule has 3 nitrogen and oxygen atoms in total. The molecule has 23 heavy (non-hydrogen) atoms. The molecule has 116 valence electrons. The van der Waals surface area contributed by atoms with Crippen molar-refractivity contribution in [2.45, 2.75) is 29.5 Å². The molecule has 2 aromatic carbocycles. The van der Waals surface area contributed by atoms with Crippen LogP contribution in [0.2, 0.25) is 0 Å². The monoisotopic (exact) mass is 339 g/mol. The molecule has 1 aliphatic carbocycles. The van der Waals surface area contributed by atoms with Gasteiger partial charge in [-0.2, -0.15) is 0 Å². The lowest BCUT2D eigenvalue weighted by Crippen LogP contribution is -2.08. The number of fused-ring (bicyclic) bond motifs is 3. The van der Waals surface area contributed by atoms with Crippen molar-refractivity contribution < 1.29 is 0 Å². The van der Waals surface area contributed by atoms with Crippen LogP contribution in [0.25, 0.3) is 11.1 Å². The Kier molecular flexibility index (Phi) is 3.83. The first kappa shape index (κ1) is 14.7. The molecule has 0 amide bonds. The zero-order chi connectivity index (χ0) is 15.8. The molecule has 5 heteroatoms. The molecule has 0 radical (unpaired) electrons. The predicted molar refractivity (Wildman–Crippen MR) is 98.2 cm³/mol. The fraction of sp³-hybridized carbons (Fsp3) is 0.222. The van der Waals surface area contributed by atoms with Crippen molar-refractivity contribution in [3.8, 4) is 11.1 Å². The van der Waals surface area contributed by atoms with Crippen LogP contribution in [0.1, 0.15) is 30.2 Å². The Bertz CT molecular complexity index is 796. The molecule has 0 aliphatic heterocycles. The Morgan fingerprint density at radius 1 is 0.957 bits per heavy atom. The van der Waals surface area contributed by atoms with Crippen LogP contribution in [0.3, 0.4) is 0 Å². The van der Waals surface area contributed by atoms with E-state index in [1.165, 1.54) is 22.3 Å².